The first-order chi connectivity index (χ1) is 15.6. The van der Waals surface area contributed by atoms with Crippen LogP contribution >= 0.6 is 0 Å². The summed E-state index contributed by atoms with van der Waals surface area (Å²) >= 11 is 0. The summed E-state index contributed by atoms with van der Waals surface area (Å²) in [4.78, 5) is 18.7. The zero-order chi connectivity index (χ0) is 22.1. The molecular weight excluding hydrogens is 408 g/mol. The number of hydrogen-bond donors (Lipinski definition) is 1. The predicted molar refractivity (Wildman–Crippen MR) is 120 cm³/mol. The van der Waals surface area contributed by atoms with Crippen LogP contribution in [0.4, 0.5) is 0 Å². The van der Waals surface area contributed by atoms with E-state index in [1.54, 1.807) is 7.11 Å². The van der Waals surface area contributed by atoms with Crippen LogP contribution in [0.1, 0.15) is 50.0 Å². The van der Waals surface area contributed by atoms with Crippen LogP contribution in [-0.4, -0.2) is 63.0 Å². The monoisotopic (exact) mass is 438 g/mol. The Bertz CT molecular complexity index is 1130. The normalized spacial score (nSPS) is 21.2. The largest absolute Gasteiger partial charge is 0.497 e. The van der Waals surface area contributed by atoms with Gasteiger partial charge in [0.05, 0.1) is 19.8 Å². The van der Waals surface area contributed by atoms with Gasteiger partial charge in [-0.05, 0) is 79.4 Å². The number of rotatable bonds is 6. The number of aromatic amines is 1. The zero-order valence-electron chi connectivity index (χ0n) is 18.7. The van der Waals surface area contributed by atoms with Gasteiger partial charge in [-0.25, -0.2) is 4.68 Å². The van der Waals surface area contributed by atoms with E-state index in [9.17, 15) is 4.79 Å². The highest BCUT2D eigenvalue weighted by Gasteiger charge is 2.33. The predicted octanol–water partition coefficient (Wildman–Crippen LogP) is 2.52. The number of ether oxygens (including phenoxy) is 2. The highest BCUT2D eigenvalue weighted by atomic mass is 16.5. The first-order valence-corrected chi connectivity index (χ1v) is 11.4. The van der Waals surface area contributed by atoms with E-state index in [-0.39, 0.29) is 17.7 Å². The second kappa shape index (κ2) is 8.99. The molecule has 5 rings (SSSR count). The molecule has 2 aliphatic rings. The standard InChI is InChI=1S/C23H30N6O3/c1-15-7-9-28(10-8-15)21(22-25-26-27-29(22)14-18-4-3-11-32-18)19-13-16-12-17(31-2)5-6-20(16)24-23(19)30/h5-6,12-13,15,18,21H,3-4,7-11,14H2,1-2H3,(H,24,30)/t18-,21+/m0/s1. The first kappa shape index (κ1) is 21.1. The van der Waals surface area contributed by atoms with Gasteiger partial charge in [0.25, 0.3) is 5.56 Å². The number of likely N-dealkylation sites (tertiary alicyclic amines) is 1. The lowest BCUT2D eigenvalue weighted by molar-refractivity contribution is 0.0894. The average Bonchev–Trinajstić information content (AvgIpc) is 3.48. The summed E-state index contributed by atoms with van der Waals surface area (Å²) in [5, 5.41) is 13.6. The molecule has 0 unspecified atom stereocenters. The lowest BCUT2D eigenvalue weighted by Gasteiger charge is -2.36. The molecule has 2 saturated heterocycles. The number of hydrogen-bond acceptors (Lipinski definition) is 7. The van der Waals surface area contributed by atoms with Gasteiger partial charge in [-0.3, -0.25) is 9.69 Å². The first-order valence-electron chi connectivity index (χ1n) is 11.4. The third-order valence-electron chi connectivity index (χ3n) is 6.76. The van der Waals surface area contributed by atoms with Gasteiger partial charge in [0.1, 0.15) is 11.8 Å². The molecule has 3 aromatic rings. The van der Waals surface area contributed by atoms with Crippen LogP contribution in [0.3, 0.4) is 0 Å². The Hall–Kier alpha value is -2.78. The molecule has 0 spiro atoms. The molecule has 2 fully saturated rings. The molecule has 0 aliphatic carbocycles. The molecule has 9 nitrogen and oxygen atoms in total. The van der Waals surface area contributed by atoms with E-state index < -0.39 is 0 Å². The lowest BCUT2D eigenvalue weighted by Crippen LogP contribution is -2.40. The van der Waals surface area contributed by atoms with Gasteiger partial charge in [0, 0.05) is 23.1 Å². The van der Waals surface area contributed by atoms with E-state index in [0.29, 0.717) is 23.9 Å². The van der Waals surface area contributed by atoms with E-state index in [0.717, 1.165) is 62.0 Å². The number of pyridine rings is 1. The highest BCUT2D eigenvalue weighted by Crippen LogP contribution is 2.31. The second-order valence-electron chi connectivity index (χ2n) is 8.98. The van der Waals surface area contributed by atoms with Crippen LogP contribution in [0.5, 0.6) is 5.75 Å². The molecule has 1 N–H and O–H groups in total. The van der Waals surface area contributed by atoms with Gasteiger partial charge < -0.3 is 14.5 Å². The van der Waals surface area contributed by atoms with Crippen molar-refractivity contribution >= 4 is 10.9 Å². The number of nitrogens with zero attached hydrogens (tertiary/aromatic N) is 5. The van der Waals surface area contributed by atoms with E-state index >= 15 is 0 Å². The Morgan fingerprint density at radius 2 is 2.09 bits per heavy atom. The zero-order valence-corrected chi connectivity index (χ0v) is 18.7. The highest BCUT2D eigenvalue weighted by molar-refractivity contribution is 5.80. The summed E-state index contributed by atoms with van der Waals surface area (Å²) in [7, 11) is 1.64. The van der Waals surface area contributed by atoms with Crippen molar-refractivity contribution < 1.29 is 9.47 Å². The maximum absolute atomic E-state index is 13.3. The van der Waals surface area contributed by atoms with Gasteiger partial charge in [-0.15, -0.1) is 5.10 Å². The Morgan fingerprint density at radius 3 is 2.84 bits per heavy atom. The summed E-state index contributed by atoms with van der Waals surface area (Å²) in [6.45, 7) is 5.45. The van der Waals surface area contributed by atoms with Crippen molar-refractivity contribution in [2.24, 2.45) is 5.92 Å². The molecule has 0 radical (unpaired) electrons. The summed E-state index contributed by atoms with van der Waals surface area (Å²) in [6.07, 6.45) is 4.34. The number of fused-ring (bicyclic) bond motifs is 1. The molecule has 2 atom stereocenters. The molecule has 4 heterocycles. The molecular formula is C23H30N6O3. The Kier molecular flexibility index (Phi) is 5.93. The van der Waals surface area contributed by atoms with E-state index in [1.165, 1.54) is 0 Å². The topological polar surface area (TPSA) is 98.2 Å². The molecule has 2 aliphatic heterocycles. The number of nitrogens with one attached hydrogen (secondary N) is 1. The number of piperidine rings is 1. The number of benzene rings is 1. The summed E-state index contributed by atoms with van der Waals surface area (Å²) in [5.74, 6) is 2.12. The van der Waals surface area contributed by atoms with Crippen LogP contribution in [-0.2, 0) is 11.3 Å². The molecule has 9 heteroatoms. The number of H-pyrrole nitrogens is 1. The minimum atomic E-state index is -0.321. The fraction of sp³-hybridized carbons (Fsp3) is 0.565. The molecule has 2 aromatic heterocycles. The molecule has 1 aromatic carbocycles. The summed E-state index contributed by atoms with van der Waals surface area (Å²) in [6, 6.07) is 7.31. The van der Waals surface area contributed by atoms with Crippen LogP contribution in [0.15, 0.2) is 29.1 Å². The fourth-order valence-electron chi connectivity index (χ4n) is 4.84. The van der Waals surface area contributed by atoms with E-state index in [1.807, 2.05) is 28.9 Å². The summed E-state index contributed by atoms with van der Waals surface area (Å²) in [5.41, 5.74) is 1.33. The molecule has 0 amide bonds. The minimum Gasteiger partial charge on any atom is -0.497 e. The molecule has 170 valence electrons. The van der Waals surface area contributed by atoms with Crippen molar-refractivity contribution in [3.63, 3.8) is 0 Å². The summed E-state index contributed by atoms with van der Waals surface area (Å²) < 4.78 is 13.0. The van der Waals surface area contributed by atoms with Crippen molar-refractivity contribution in [1.29, 1.82) is 0 Å². The van der Waals surface area contributed by atoms with Crippen molar-refractivity contribution in [1.82, 2.24) is 30.1 Å². The van der Waals surface area contributed by atoms with E-state index in [4.69, 9.17) is 9.47 Å². The van der Waals surface area contributed by atoms with Crippen LogP contribution in [0.2, 0.25) is 0 Å². The Balaban J connectivity index is 1.59. The van der Waals surface area contributed by atoms with Crippen LogP contribution < -0.4 is 10.3 Å². The molecule has 0 saturated carbocycles. The number of tetrazole rings is 1. The van der Waals surface area contributed by atoms with Crippen LogP contribution in [0.25, 0.3) is 10.9 Å². The Morgan fingerprint density at radius 1 is 1.25 bits per heavy atom. The van der Waals surface area contributed by atoms with E-state index in [2.05, 4.69) is 32.3 Å². The minimum absolute atomic E-state index is 0.110. The number of aromatic nitrogens is 5. The van der Waals surface area contributed by atoms with Crippen molar-refractivity contribution in [2.75, 3.05) is 26.8 Å². The third kappa shape index (κ3) is 4.14. The van der Waals surface area contributed by atoms with Crippen molar-refractivity contribution in [3.8, 4) is 5.75 Å². The maximum Gasteiger partial charge on any atom is 0.253 e. The van der Waals surface area contributed by atoms with Crippen LogP contribution in [0, 0.1) is 5.92 Å². The molecule has 0 bridgehead atoms. The Labute approximate surface area is 186 Å². The van der Waals surface area contributed by atoms with Crippen molar-refractivity contribution in [2.45, 2.75) is 51.3 Å². The maximum atomic E-state index is 13.3. The second-order valence-corrected chi connectivity index (χ2v) is 8.98. The molecule has 32 heavy (non-hydrogen) atoms. The van der Waals surface area contributed by atoms with Gasteiger partial charge in [-0.1, -0.05) is 6.92 Å². The average molecular weight is 439 g/mol. The van der Waals surface area contributed by atoms with Crippen molar-refractivity contribution in [3.05, 3.63) is 46.0 Å². The van der Waals surface area contributed by atoms with Gasteiger partial charge in [0.2, 0.25) is 0 Å². The van der Waals surface area contributed by atoms with Gasteiger partial charge in [0.15, 0.2) is 5.82 Å². The van der Waals surface area contributed by atoms with Gasteiger partial charge >= 0.3 is 0 Å². The number of methoxy groups -OCH3 is 1. The fourth-order valence-corrected chi connectivity index (χ4v) is 4.84. The van der Waals surface area contributed by atoms with Gasteiger partial charge in [-0.2, -0.15) is 0 Å². The third-order valence-corrected chi connectivity index (χ3v) is 6.76. The smallest absolute Gasteiger partial charge is 0.253 e. The SMILES string of the molecule is COc1ccc2[nH]c(=O)c([C@H](c3nnnn3C[C@@H]3CCCO3)N3CCC(C)CC3)cc2c1. The quantitative estimate of drug-likeness (QED) is 0.631. The lowest BCUT2D eigenvalue weighted by atomic mass is 9.95.